The van der Waals surface area contributed by atoms with Gasteiger partial charge in [0.1, 0.15) is 5.82 Å². The minimum Gasteiger partial charge on any atom is -0.449 e. The van der Waals surface area contributed by atoms with Crippen molar-refractivity contribution in [3.05, 3.63) is 51.4 Å². The Hall–Kier alpha value is -3.25. The quantitative estimate of drug-likeness (QED) is 0.436. The van der Waals surface area contributed by atoms with Crippen LogP contribution in [0.25, 0.3) is 22.3 Å². The molecule has 148 valence electrons. The van der Waals surface area contributed by atoms with Gasteiger partial charge >= 0.3 is 10.4 Å². The lowest BCUT2D eigenvalue weighted by Crippen LogP contribution is -2.17. The van der Waals surface area contributed by atoms with E-state index in [4.69, 9.17) is 20.4 Å². The molecule has 12 heteroatoms. The van der Waals surface area contributed by atoms with Gasteiger partial charge in [-0.05, 0) is 25.1 Å². The monoisotopic (exact) mass is 416 g/mol. The van der Waals surface area contributed by atoms with Crippen LogP contribution < -0.4 is 21.1 Å². The van der Waals surface area contributed by atoms with E-state index in [2.05, 4.69) is 4.18 Å². The molecule has 0 radical (unpaired) electrons. The molecule has 0 saturated carbocycles. The highest BCUT2D eigenvalue weighted by Gasteiger charge is 2.28. The number of nitrogens with two attached hydrogens (primary N) is 2. The van der Waals surface area contributed by atoms with E-state index < -0.39 is 67.0 Å². The van der Waals surface area contributed by atoms with E-state index in [-0.39, 0.29) is 11.3 Å². The molecular formula is C16H11F3N2O6S. The molecule has 3 aromatic rings. The number of nitrogen functional groups attached to an aromatic ring is 2. The first kappa shape index (κ1) is 19.5. The Bertz CT molecular complexity index is 1300. The highest BCUT2D eigenvalue weighted by atomic mass is 32.3. The largest absolute Gasteiger partial charge is 0.449 e. The van der Waals surface area contributed by atoms with Crippen LogP contribution in [0.2, 0.25) is 0 Å². The predicted octanol–water partition coefficient (Wildman–Crippen LogP) is 2.53. The van der Waals surface area contributed by atoms with Gasteiger partial charge in [0.05, 0.1) is 16.8 Å². The third-order valence-electron chi connectivity index (χ3n) is 3.89. The van der Waals surface area contributed by atoms with Crippen molar-refractivity contribution in [2.45, 2.75) is 6.92 Å². The van der Waals surface area contributed by atoms with E-state index in [0.717, 1.165) is 25.1 Å². The van der Waals surface area contributed by atoms with Crippen molar-refractivity contribution in [2.75, 3.05) is 11.5 Å². The molecule has 3 rings (SSSR count). The second-order valence-electron chi connectivity index (χ2n) is 5.71. The van der Waals surface area contributed by atoms with E-state index in [1.165, 1.54) is 0 Å². The molecule has 0 aliphatic heterocycles. The van der Waals surface area contributed by atoms with Gasteiger partial charge in [0.2, 0.25) is 11.2 Å². The Morgan fingerprint density at radius 3 is 2.36 bits per heavy atom. The van der Waals surface area contributed by atoms with Crippen molar-refractivity contribution in [3.8, 4) is 17.1 Å². The summed E-state index contributed by atoms with van der Waals surface area (Å²) in [6.45, 7) is 1.03. The summed E-state index contributed by atoms with van der Waals surface area (Å²) in [6, 6.07) is 2.94. The highest BCUT2D eigenvalue weighted by molar-refractivity contribution is 7.81. The number of fused-ring (bicyclic) bond motifs is 1. The fourth-order valence-corrected chi connectivity index (χ4v) is 2.90. The van der Waals surface area contributed by atoms with Gasteiger partial charge in [0, 0.05) is 11.1 Å². The maximum atomic E-state index is 14.5. The minimum atomic E-state index is -5.27. The lowest BCUT2D eigenvalue weighted by molar-refractivity contribution is 0.381. The number of rotatable bonds is 3. The summed E-state index contributed by atoms with van der Waals surface area (Å²) in [4.78, 5) is 12.7. The standard InChI is InChI=1S/C16H11F3N2O6S/c1-5-10(18)12(21)9-13(22)16(27-28(23,24)25)14(26-15(9)11(5)19)6-2-3-8(20)7(17)4-6/h2-4H,20-21H2,1H3,(H,23,24,25). The van der Waals surface area contributed by atoms with Gasteiger partial charge in [-0.1, -0.05) is 0 Å². The zero-order valence-electron chi connectivity index (χ0n) is 13.9. The summed E-state index contributed by atoms with van der Waals surface area (Å²) in [6.07, 6.45) is 0. The van der Waals surface area contributed by atoms with Crippen molar-refractivity contribution in [1.29, 1.82) is 0 Å². The molecule has 2 aromatic carbocycles. The van der Waals surface area contributed by atoms with E-state index in [9.17, 15) is 26.4 Å². The van der Waals surface area contributed by atoms with Crippen LogP contribution in [-0.4, -0.2) is 13.0 Å². The summed E-state index contributed by atoms with van der Waals surface area (Å²) >= 11 is 0. The third-order valence-corrected chi connectivity index (χ3v) is 4.26. The molecule has 0 aliphatic carbocycles. The van der Waals surface area contributed by atoms with Crippen molar-refractivity contribution in [2.24, 2.45) is 0 Å². The van der Waals surface area contributed by atoms with Crippen LogP contribution in [0.15, 0.2) is 27.4 Å². The van der Waals surface area contributed by atoms with Crippen LogP contribution in [0.5, 0.6) is 5.75 Å². The van der Waals surface area contributed by atoms with Crippen LogP contribution in [-0.2, 0) is 10.4 Å². The van der Waals surface area contributed by atoms with Crippen molar-refractivity contribution < 1.29 is 34.7 Å². The Kier molecular flexibility index (Phi) is 4.47. The number of hydrogen-bond acceptors (Lipinski definition) is 7. The normalized spacial score (nSPS) is 11.8. The fraction of sp³-hybridized carbons (Fsp3) is 0.0625. The van der Waals surface area contributed by atoms with Gasteiger partial charge in [-0.25, -0.2) is 13.2 Å². The maximum absolute atomic E-state index is 14.5. The van der Waals surface area contributed by atoms with Gasteiger partial charge in [0.15, 0.2) is 23.0 Å². The van der Waals surface area contributed by atoms with Crippen molar-refractivity contribution in [1.82, 2.24) is 0 Å². The highest BCUT2D eigenvalue weighted by Crippen LogP contribution is 2.37. The van der Waals surface area contributed by atoms with Gasteiger partial charge in [0.25, 0.3) is 0 Å². The Morgan fingerprint density at radius 2 is 1.79 bits per heavy atom. The SMILES string of the molecule is Cc1c(F)c(N)c2c(=O)c(OS(=O)(=O)O)c(-c3ccc(N)c(F)c3)oc2c1F. The molecule has 8 nitrogen and oxygen atoms in total. The van der Waals surface area contributed by atoms with Gasteiger partial charge in [-0.2, -0.15) is 8.42 Å². The molecule has 1 heterocycles. The molecule has 0 unspecified atom stereocenters. The summed E-state index contributed by atoms with van der Waals surface area (Å²) in [5.41, 5.74) is 6.71. The van der Waals surface area contributed by atoms with Crippen LogP contribution in [0.1, 0.15) is 5.56 Å². The Morgan fingerprint density at radius 1 is 1.14 bits per heavy atom. The summed E-state index contributed by atoms with van der Waals surface area (Å²) in [5.74, 6) is -5.43. The molecule has 0 bridgehead atoms. The molecule has 0 atom stereocenters. The van der Waals surface area contributed by atoms with Crippen LogP contribution in [0.4, 0.5) is 24.5 Å². The number of benzene rings is 2. The predicted molar refractivity (Wildman–Crippen MR) is 93.5 cm³/mol. The van der Waals surface area contributed by atoms with Crippen LogP contribution >= 0.6 is 0 Å². The molecule has 0 amide bonds. The fourth-order valence-electron chi connectivity index (χ4n) is 2.54. The molecule has 0 fully saturated rings. The van der Waals surface area contributed by atoms with E-state index in [1.807, 2.05) is 0 Å². The number of hydrogen-bond donors (Lipinski definition) is 3. The zero-order valence-corrected chi connectivity index (χ0v) is 14.7. The first-order chi connectivity index (χ1) is 12.9. The number of anilines is 2. The van der Waals surface area contributed by atoms with Crippen molar-refractivity contribution in [3.63, 3.8) is 0 Å². The summed E-state index contributed by atoms with van der Waals surface area (Å²) < 4.78 is 83.1. The number of halogens is 3. The van der Waals surface area contributed by atoms with Crippen LogP contribution in [0.3, 0.4) is 0 Å². The lowest BCUT2D eigenvalue weighted by atomic mass is 10.1. The van der Waals surface area contributed by atoms with Crippen molar-refractivity contribution >= 4 is 32.7 Å². The molecule has 0 spiro atoms. The summed E-state index contributed by atoms with van der Waals surface area (Å²) in [5, 5.41) is -0.848. The maximum Gasteiger partial charge on any atom is 0.446 e. The zero-order chi connectivity index (χ0) is 21.0. The first-order valence-electron chi connectivity index (χ1n) is 7.38. The van der Waals surface area contributed by atoms with Gasteiger partial charge in [-0.3, -0.25) is 9.35 Å². The topological polar surface area (TPSA) is 146 Å². The molecule has 1 aromatic heterocycles. The Balaban J connectivity index is 2.53. The first-order valence-corrected chi connectivity index (χ1v) is 8.75. The van der Waals surface area contributed by atoms with E-state index >= 15 is 0 Å². The smallest absolute Gasteiger partial charge is 0.446 e. The average Bonchev–Trinajstić information content (AvgIpc) is 2.61. The second-order valence-corrected chi connectivity index (χ2v) is 6.73. The lowest BCUT2D eigenvalue weighted by Gasteiger charge is -2.13. The molecule has 5 N–H and O–H groups in total. The third kappa shape index (κ3) is 3.12. The van der Waals surface area contributed by atoms with E-state index in [1.54, 1.807) is 0 Å². The average molecular weight is 416 g/mol. The molecule has 28 heavy (non-hydrogen) atoms. The molecule has 0 saturated heterocycles. The summed E-state index contributed by atoms with van der Waals surface area (Å²) in [7, 11) is -5.27. The minimum absolute atomic E-state index is 0.274. The van der Waals surface area contributed by atoms with Gasteiger partial charge in [-0.15, -0.1) is 0 Å². The molecule has 0 aliphatic rings. The molecular weight excluding hydrogens is 405 g/mol. The van der Waals surface area contributed by atoms with Crippen LogP contribution in [0, 0.1) is 24.4 Å². The Labute approximate surface area is 155 Å². The van der Waals surface area contributed by atoms with E-state index in [0.29, 0.717) is 0 Å². The second kappa shape index (κ2) is 6.42. The van der Waals surface area contributed by atoms with Gasteiger partial charge < -0.3 is 20.1 Å².